The molecule has 2 saturated heterocycles. The summed E-state index contributed by atoms with van der Waals surface area (Å²) in [7, 11) is 0. The van der Waals surface area contributed by atoms with E-state index in [-0.39, 0.29) is 60.3 Å². The van der Waals surface area contributed by atoms with Gasteiger partial charge in [0.25, 0.3) is 0 Å². The average molecular weight is 1190 g/mol. The summed E-state index contributed by atoms with van der Waals surface area (Å²) in [6, 6.07) is 25.1. The van der Waals surface area contributed by atoms with Gasteiger partial charge in [0.05, 0.1) is 34.2 Å². The van der Waals surface area contributed by atoms with Gasteiger partial charge in [0, 0.05) is 16.5 Å². The number of aromatic nitrogens is 4. The Labute approximate surface area is 476 Å². The van der Waals surface area contributed by atoms with Crippen LogP contribution < -0.4 is 10.6 Å². The zero-order chi connectivity index (χ0) is 55.1. The predicted octanol–water partition coefficient (Wildman–Crippen LogP) is 12.8. The third-order valence-electron chi connectivity index (χ3n) is 18.1. The fourth-order valence-corrected chi connectivity index (χ4v) is 14.3. The molecule has 9 atom stereocenters. The topological polar surface area (TPSA) is 175 Å². The quantitative estimate of drug-likeness (QED) is 0.0616. The van der Waals surface area contributed by atoms with E-state index in [9.17, 15) is 23.6 Å². The van der Waals surface area contributed by atoms with Crippen LogP contribution in [0.2, 0.25) is 0 Å². The van der Waals surface area contributed by atoms with E-state index < -0.39 is 30.9 Å². The third-order valence-corrected chi connectivity index (χ3v) is 18.5. The van der Waals surface area contributed by atoms with Crippen molar-refractivity contribution in [3.63, 3.8) is 0 Å². The number of alkyl halides is 2. The van der Waals surface area contributed by atoms with E-state index in [1.54, 1.807) is 0 Å². The van der Waals surface area contributed by atoms with Crippen molar-refractivity contribution in [2.45, 2.75) is 160 Å². The van der Waals surface area contributed by atoms with Gasteiger partial charge in [0.2, 0.25) is 11.8 Å². The molecular formula is C63H76FIN8O6. The number of fused-ring (bicyclic) bond motifs is 4. The molecule has 14 rings (SSSR count). The highest BCUT2D eigenvalue weighted by Gasteiger charge is 2.50. The van der Waals surface area contributed by atoms with Crippen LogP contribution in [0.15, 0.2) is 72.8 Å². The second-order valence-corrected chi connectivity index (χ2v) is 24.9. The van der Waals surface area contributed by atoms with Crippen LogP contribution in [0.1, 0.15) is 151 Å². The van der Waals surface area contributed by atoms with E-state index >= 15 is 0 Å². The number of carbonyl (C=O) groups excluding carboxylic acids is 4. The molecule has 6 aliphatic carbocycles. The molecule has 0 spiro atoms. The van der Waals surface area contributed by atoms with Crippen molar-refractivity contribution in [3.05, 3.63) is 107 Å². The molecular weight excluding hydrogens is 1110 g/mol. The summed E-state index contributed by atoms with van der Waals surface area (Å²) < 4.78 is 23.9. The monoisotopic (exact) mass is 1190 g/mol. The maximum atomic E-state index is 14.7. The maximum Gasteiger partial charge on any atom is 0.407 e. The number of nitrogens with one attached hydrogen (secondary N) is 4. The molecule has 2 saturated carbocycles. The highest BCUT2D eigenvalue weighted by molar-refractivity contribution is 14.1. The van der Waals surface area contributed by atoms with Gasteiger partial charge in [-0.1, -0.05) is 131 Å². The number of aromatic amines is 2. The minimum absolute atomic E-state index is 0.0509. The van der Waals surface area contributed by atoms with Crippen molar-refractivity contribution in [1.29, 1.82) is 0 Å². The Kier molecular flexibility index (Phi) is 16.4. The van der Waals surface area contributed by atoms with Crippen molar-refractivity contribution in [2.24, 2.45) is 23.7 Å². The highest BCUT2D eigenvalue weighted by Crippen LogP contribution is 2.49. The minimum Gasteiger partial charge on any atom is -0.449 e. The number of hydrogen-bond donors (Lipinski definition) is 4. The SMILES string of the molecule is CC1Cc2ccc(cc2-c2ccc3nc(C4CC5CCCCC5N4C(=O)C(NC(=O)OCCI)C(C)C)[nH]c3c2)CCc2ccc1cc2-c1ccc2nc(C3CC4CCCCC4N3C(=O)C(NC(=O)OCCF)C(C)C)[nH]c2c1. The second kappa shape index (κ2) is 23.6. The first-order chi connectivity index (χ1) is 38.3. The van der Waals surface area contributed by atoms with Crippen LogP contribution in [0.4, 0.5) is 14.0 Å². The molecule has 4 bridgehead atoms. The summed E-state index contributed by atoms with van der Waals surface area (Å²) in [5.41, 5.74) is 13.3. The van der Waals surface area contributed by atoms with E-state index in [0.29, 0.717) is 22.9 Å². The molecule has 16 heteroatoms. The molecule has 8 aliphatic rings. The lowest BCUT2D eigenvalue weighted by atomic mass is 9.84. The van der Waals surface area contributed by atoms with E-state index in [2.05, 4.69) is 128 Å². The molecule has 2 aromatic heterocycles. The zero-order valence-corrected chi connectivity index (χ0v) is 48.5. The number of nitrogens with zero attached hydrogens (tertiary/aromatic N) is 4. The Bertz CT molecular complexity index is 3230. The van der Waals surface area contributed by atoms with E-state index in [1.807, 2.05) is 32.6 Å². The number of imidazole rings is 2. The predicted molar refractivity (Wildman–Crippen MR) is 314 cm³/mol. The summed E-state index contributed by atoms with van der Waals surface area (Å²) in [5, 5.41) is 5.68. The largest absolute Gasteiger partial charge is 0.449 e. The highest BCUT2D eigenvalue weighted by atomic mass is 127. The number of carbonyl (C=O) groups is 4. The molecule has 4 N–H and O–H groups in total. The van der Waals surface area contributed by atoms with Gasteiger partial charge in [-0.2, -0.15) is 0 Å². The van der Waals surface area contributed by atoms with Crippen LogP contribution in [-0.4, -0.2) is 102 Å². The first-order valence-corrected chi connectivity index (χ1v) is 30.7. The Hall–Kier alpha value is -6.04. The van der Waals surface area contributed by atoms with E-state index in [4.69, 9.17) is 19.4 Å². The Morgan fingerprint density at radius 1 is 0.658 bits per heavy atom. The minimum atomic E-state index is -0.818. The van der Waals surface area contributed by atoms with Gasteiger partial charge in [0.15, 0.2) is 0 Å². The van der Waals surface area contributed by atoms with Crippen LogP contribution in [0, 0.1) is 23.7 Å². The summed E-state index contributed by atoms with van der Waals surface area (Å²) in [6.45, 7) is 9.23. The van der Waals surface area contributed by atoms with Crippen LogP contribution in [0.3, 0.4) is 0 Å². The summed E-state index contributed by atoms with van der Waals surface area (Å²) in [6.07, 6.45) is 11.2. The van der Waals surface area contributed by atoms with Crippen molar-refractivity contribution < 1.29 is 33.0 Å². The number of ether oxygens (including phenoxy) is 2. The van der Waals surface area contributed by atoms with Crippen molar-refractivity contribution >= 4 is 68.7 Å². The number of benzene rings is 4. The Morgan fingerprint density at radius 2 is 1.18 bits per heavy atom. The fraction of sp³-hybridized carbons (Fsp3) is 0.524. The average Bonchev–Trinajstić information content (AvgIpc) is 4.44. The van der Waals surface area contributed by atoms with Gasteiger partial charge in [-0.05, 0) is 156 Å². The summed E-state index contributed by atoms with van der Waals surface area (Å²) >= 11 is 2.17. The molecule has 14 nitrogen and oxygen atoms in total. The molecule has 9 unspecified atom stereocenters. The first-order valence-electron chi connectivity index (χ1n) is 29.1. The molecule has 4 amide bonds. The van der Waals surface area contributed by atoms with Gasteiger partial charge in [-0.3, -0.25) is 9.59 Å². The number of aryl methyl sites for hydroxylation is 2. The lowest BCUT2D eigenvalue weighted by molar-refractivity contribution is -0.139. The van der Waals surface area contributed by atoms with Crippen LogP contribution in [-0.2, 0) is 38.3 Å². The van der Waals surface area contributed by atoms with Crippen molar-refractivity contribution in [2.75, 3.05) is 24.3 Å². The number of rotatable bonds is 14. The number of alkyl carbamates (subject to hydrolysis) is 2. The van der Waals surface area contributed by atoms with Crippen LogP contribution in [0.5, 0.6) is 0 Å². The number of hydrogen-bond acceptors (Lipinski definition) is 8. The molecule has 2 aliphatic heterocycles. The molecule has 4 heterocycles. The molecule has 0 radical (unpaired) electrons. The van der Waals surface area contributed by atoms with Gasteiger partial charge < -0.3 is 39.9 Å². The molecule has 4 fully saturated rings. The standard InChI is InChI=1S/C63H76FIN8O6/c1-35(2)56(70-62(76)78-26-24-64)60(74)72-52-12-8-6-10-44(52)34-55(72)59-67-49-23-21-43(32-51(49)69-59)47-30-40-19-18-39(47)16-14-38-15-17-41(28-37(40)5)46(29-38)42-20-22-48-50(31-42)68-58(66-48)54-33-45-11-7-9-13-53(45)73(54)61(75)57(36(3)4)71-63(77)79-27-25-65/h15,17-23,29-32,35-37,44-45,52-57H,6-14,16,24-28,33-34H2,1-5H3,(H,66,68)(H,67,69)(H,70,76)(H,71,77). The molecule has 4 aromatic carbocycles. The van der Waals surface area contributed by atoms with Gasteiger partial charge in [-0.15, -0.1) is 0 Å². The van der Waals surface area contributed by atoms with Crippen LogP contribution in [0.25, 0.3) is 44.3 Å². The van der Waals surface area contributed by atoms with Gasteiger partial charge >= 0.3 is 12.2 Å². The number of amides is 4. The maximum absolute atomic E-state index is 14.7. The Morgan fingerprint density at radius 3 is 1.71 bits per heavy atom. The Balaban J connectivity index is 0.848. The van der Waals surface area contributed by atoms with Gasteiger partial charge in [-0.25, -0.2) is 23.9 Å². The smallest absolute Gasteiger partial charge is 0.407 e. The number of likely N-dealkylation sites (tertiary alicyclic amines) is 2. The first kappa shape index (κ1) is 54.9. The van der Waals surface area contributed by atoms with E-state index in [1.165, 1.54) is 33.4 Å². The normalized spacial score (nSPS) is 23.6. The summed E-state index contributed by atoms with van der Waals surface area (Å²) in [5.74, 6) is 1.95. The van der Waals surface area contributed by atoms with Crippen LogP contribution >= 0.6 is 22.6 Å². The fourth-order valence-electron chi connectivity index (χ4n) is 14.0. The number of halogens is 2. The second-order valence-electron chi connectivity index (χ2n) is 23.8. The van der Waals surface area contributed by atoms with Gasteiger partial charge in [0.1, 0.15) is 43.6 Å². The zero-order valence-electron chi connectivity index (χ0n) is 46.3. The van der Waals surface area contributed by atoms with E-state index in [0.717, 1.165) is 128 Å². The summed E-state index contributed by atoms with van der Waals surface area (Å²) in [4.78, 5) is 76.6. The lowest BCUT2D eigenvalue weighted by Gasteiger charge is -2.36. The molecule has 6 aromatic rings. The van der Waals surface area contributed by atoms with Crippen molar-refractivity contribution in [3.8, 4) is 22.3 Å². The molecule has 418 valence electrons. The lowest BCUT2D eigenvalue weighted by Crippen LogP contribution is -2.54. The molecule has 79 heavy (non-hydrogen) atoms. The van der Waals surface area contributed by atoms with Crippen molar-refractivity contribution in [1.82, 2.24) is 40.4 Å². The number of H-pyrrole nitrogens is 2. The third kappa shape index (κ3) is 11.2.